The standard InChI is InChI=1S/C25H24F4N2O5S/c1-37(34,35)17-4-2-3-14(7-17)24(33)31-20-9-15(20)10-21(31)23(32)30-22(16-11-36-12-16)13-5-6-18(19(26)8-13)25(27,28)29/h2-8,15-16,20-22H,9-12H2,1H3,(H,30,32)/t15-,20-,21-,22+/m1/s1. The number of ether oxygens (including phenoxy) is 1. The van der Waals surface area contributed by atoms with Crippen molar-refractivity contribution in [3.05, 3.63) is 65.0 Å². The van der Waals surface area contributed by atoms with E-state index in [2.05, 4.69) is 5.32 Å². The number of likely N-dealkylation sites (tertiary alicyclic amines) is 1. The van der Waals surface area contributed by atoms with E-state index in [0.717, 1.165) is 24.8 Å². The number of benzene rings is 2. The Morgan fingerprint density at radius 2 is 1.84 bits per heavy atom. The lowest BCUT2D eigenvalue weighted by Gasteiger charge is -2.36. The van der Waals surface area contributed by atoms with Crippen LogP contribution >= 0.6 is 0 Å². The van der Waals surface area contributed by atoms with Crippen LogP contribution in [0, 0.1) is 17.7 Å². The number of rotatable bonds is 6. The van der Waals surface area contributed by atoms with Crippen molar-refractivity contribution in [2.24, 2.45) is 11.8 Å². The summed E-state index contributed by atoms with van der Waals surface area (Å²) in [5, 5.41) is 2.82. The van der Waals surface area contributed by atoms with Crippen molar-refractivity contribution >= 4 is 21.7 Å². The summed E-state index contributed by atoms with van der Waals surface area (Å²) in [4.78, 5) is 28.2. The first-order chi connectivity index (χ1) is 17.3. The van der Waals surface area contributed by atoms with Gasteiger partial charge < -0.3 is 15.0 Å². The third-order valence-corrected chi connectivity index (χ3v) is 8.35. The maximum absolute atomic E-state index is 14.3. The average molecular weight is 541 g/mol. The lowest BCUT2D eigenvalue weighted by molar-refractivity contribution is -0.140. The maximum atomic E-state index is 14.3. The Hall–Kier alpha value is -2.99. The molecule has 4 atom stereocenters. The van der Waals surface area contributed by atoms with Gasteiger partial charge >= 0.3 is 6.18 Å². The predicted molar refractivity (Wildman–Crippen MR) is 123 cm³/mol. The van der Waals surface area contributed by atoms with E-state index in [1.54, 1.807) is 0 Å². The van der Waals surface area contributed by atoms with Gasteiger partial charge in [-0.2, -0.15) is 13.2 Å². The highest BCUT2D eigenvalue weighted by Gasteiger charge is 2.56. The Kier molecular flexibility index (Phi) is 6.30. The molecule has 0 spiro atoms. The van der Waals surface area contributed by atoms with Gasteiger partial charge in [-0.25, -0.2) is 12.8 Å². The number of piperidine rings is 1. The SMILES string of the molecule is CS(=O)(=O)c1cccc(C(=O)N2[C@@H](C(=O)N[C@@H](c3ccc(C(F)(F)F)c(F)c3)C3COC3)C[C@H]3C[C@H]32)c1. The van der Waals surface area contributed by atoms with E-state index >= 15 is 0 Å². The molecule has 0 aromatic heterocycles. The lowest BCUT2D eigenvalue weighted by Crippen LogP contribution is -2.51. The van der Waals surface area contributed by atoms with E-state index < -0.39 is 51.3 Å². The largest absolute Gasteiger partial charge is 0.419 e. The first kappa shape index (κ1) is 25.7. The molecule has 1 saturated carbocycles. The van der Waals surface area contributed by atoms with Gasteiger partial charge in [-0.1, -0.05) is 12.1 Å². The molecule has 2 aromatic rings. The van der Waals surface area contributed by atoms with Crippen LogP contribution in [0.2, 0.25) is 0 Å². The molecule has 1 aliphatic carbocycles. The van der Waals surface area contributed by atoms with Gasteiger partial charge in [-0.15, -0.1) is 0 Å². The number of nitrogens with one attached hydrogen (secondary N) is 1. The molecule has 2 aliphatic heterocycles. The van der Waals surface area contributed by atoms with E-state index in [9.17, 15) is 35.6 Å². The third-order valence-electron chi connectivity index (χ3n) is 7.24. The second-order valence-electron chi connectivity index (χ2n) is 9.85. The molecule has 0 radical (unpaired) electrons. The van der Waals surface area contributed by atoms with Crippen LogP contribution in [0.25, 0.3) is 0 Å². The quantitative estimate of drug-likeness (QED) is 0.568. The maximum Gasteiger partial charge on any atom is 0.419 e. The molecule has 3 fully saturated rings. The number of nitrogens with zero attached hydrogens (tertiary/aromatic N) is 1. The third kappa shape index (κ3) is 4.96. The van der Waals surface area contributed by atoms with Crippen molar-refractivity contribution in [1.82, 2.24) is 10.2 Å². The highest BCUT2D eigenvalue weighted by molar-refractivity contribution is 7.90. The van der Waals surface area contributed by atoms with Crippen LogP contribution in [0.5, 0.6) is 0 Å². The molecule has 3 aliphatic rings. The first-order valence-electron chi connectivity index (χ1n) is 11.7. The van der Waals surface area contributed by atoms with Gasteiger partial charge in [-0.05, 0) is 54.7 Å². The van der Waals surface area contributed by atoms with Gasteiger partial charge in [0.2, 0.25) is 5.91 Å². The minimum Gasteiger partial charge on any atom is -0.381 e. The van der Waals surface area contributed by atoms with Crippen molar-refractivity contribution in [3.63, 3.8) is 0 Å². The number of hydrogen-bond donors (Lipinski definition) is 1. The number of carbonyl (C=O) groups excluding carboxylic acids is 2. The molecule has 2 heterocycles. The zero-order valence-electron chi connectivity index (χ0n) is 19.7. The molecule has 2 saturated heterocycles. The molecule has 7 nitrogen and oxygen atoms in total. The second kappa shape index (κ2) is 9.09. The number of fused-ring (bicyclic) bond motifs is 1. The summed E-state index contributed by atoms with van der Waals surface area (Å²) in [7, 11) is -3.55. The van der Waals surface area contributed by atoms with E-state index in [1.807, 2.05) is 0 Å². The average Bonchev–Trinajstić information content (AvgIpc) is 3.45. The van der Waals surface area contributed by atoms with E-state index in [1.165, 1.54) is 29.2 Å². The monoisotopic (exact) mass is 540 g/mol. The van der Waals surface area contributed by atoms with Crippen LogP contribution in [-0.2, 0) is 25.5 Å². The highest BCUT2D eigenvalue weighted by atomic mass is 32.2. The van der Waals surface area contributed by atoms with Crippen LogP contribution in [0.15, 0.2) is 47.4 Å². The van der Waals surface area contributed by atoms with Gasteiger partial charge in [-0.3, -0.25) is 9.59 Å². The summed E-state index contributed by atoms with van der Waals surface area (Å²) in [6, 6.07) is 6.38. The Balaban J connectivity index is 1.39. The Morgan fingerprint density at radius 3 is 2.43 bits per heavy atom. The van der Waals surface area contributed by atoms with Gasteiger partial charge in [0.15, 0.2) is 9.84 Å². The number of hydrogen-bond acceptors (Lipinski definition) is 5. The highest BCUT2D eigenvalue weighted by Crippen LogP contribution is 2.48. The normalized spacial score (nSPS) is 24.2. The molecule has 0 unspecified atom stereocenters. The zero-order chi connectivity index (χ0) is 26.7. The van der Waals surface area contributed by atoms with Crippen molar-refractivity contribution in [3.8, 4) is 0 Å². The van der Waals surface area contributed by atoms with Gasteiger partial charge in [0.25, 0.3) is 5.91 Å². The Bertz CT molecular complexity index is 1360. The number of sulfone groups is 1. The van der Waals surface area contributed by atoms with Crippen molar-refractivity contribution in [2.45, 2.75) is 42.0 Å². The van der Waals surface area contributed by atoms with Crippen molar-refractivity contribution in [1.29, 1.82) is 0 Å². The lowest BCUT2D eigenvalue weighted by atomic mass is 9.90. The zero-order valence-corrected chi connectivity index (χ0v) is 20.5. The van der Waals surface area contributed by atoms with Crippen molar-refractivity contribution < 1.29 is 40.3 Å². The number of halogens is 4. The molecule has 37 heavy (non-hydrogen) atoms. The fourth-order valence-electron chi connectivity index (χ4n) is 5.12. The number of alkyl halides is 3. The fourth-order valence-corrected chi connectivity index (χ4v) is 5.78. The summed E-state index contributed by atoms with van der Waals surface area (Å²) in [5.41, 5.74) is -1.08. The summed E-state index contributed by atoms with van der Waals surface area (Å²) in [6.45, 7) is 0.481. The summed E-state index contributed by atoms with van der Waals surface area (Å²) in [6.07, 6.45) is -2.68. The molecule has 198 valence electrons. The summed E-state index contributed by atoms with van der Waals surface area (Å²) >= 11 is 0. The minimum absolute atomic E-state index is 0.0136. The Morgan fingerprint density at radius 1 is 1.11 bits per heavy atom. The summed E-state index contributed by atoms with van der Waals surface area (Å²) in [5.74, 6) is -2.55. The van der Waals surface area contributed by atoms with E-state index in [4.69, 9.17) is 4.74 Å². The topological polar surface area (TPSA) is 92.8 Å². The molecular weight excluding hydrogens is 516 g/mol. The fraction of sp³-hybridized carbons (Fsp3) is 0.440. The first-order valence-corrected chi connectivity index (χ1v) is 13.6. The molecule has 2 amide bonds. The van der Waals surface area contributed by atoms with Crippen LogP contribution in [-0.4, -0.2) is 56.7 Å². The molecular formula is C25H24F4N2O5S. The molecule has 5 rings (SSSR count). The molecule has 0 bridgehead atoms. The van der Waals surface area contributed by atoms with Crippen LogP contribution in [0.1, 0.15) is 40.4 Å². The second-order valence-corrected chi connectivity index (χ2v) is 11.9. The summed E-state index contributed by atoms with van der Waals surface area (Å²) < 4.78 is 82.4. The van der Waals surface area contributed by atoms with Gasteiger partial charge in [0.1, 0.15) is 11.9 Å². The Labute approximate surface area is 210 Å². The molecule has 12 heteroatoms. The number of carbonyl (C=O) groups is 2. The van der Waals surface area contributed by atoms with Crippen LogP contribution in [0.3, 0.4) is 0 Å². The van der Waals surface area contributed by atoms with E-state index in [0.29, 0.717) is 12.5 Å². The van der Waals surface area contributed by atoms with Gasteiger partial charge in [0.05, 0.1) is 29.7 Å². The smallest absolute Gasteiger partial charge is 0.381 e. The number of amides is 2. The predicted octanol–water partition coefficient (Wildman–Crippen LogP) is 3.35. The molecule has 2 aromatic carbocycles. The van der Waals surface area contributed by atoms with E-state index in [-0.39, 0.29) is 47.1 Å². The van der Waals surface area contributed by atoms with Gasteiger partial charge in [0, 0.05) is 23.8 Å². The van der Waals surface area contributed by atoms with Crippen molar-refractivity contribution in [2.75, 3.05) is 19.5 Å². The van der Waals surface area contributed by atoms with Crippen LogP contribution in [0.4, 0.5) is 17.6 Å². The molecule has 1 N–H and O–H groups in total. The van der Waals surface area contributed by atoms with Crippen LogP contribution < -0.4 is 5.32 Å². The minimum atomic E-state index is -4.85.